The Hall–Kier alpha value is -2.78. The molecule has 1 aliphatic rings. The fraction of sp³-hybridized carbons (Fsp3) is 0.435. The van der Waals surface area contributed by atoms with E-state index in [1.54, 1.807) is 33.3 Å². The van der Waals surface area contributed by atoms with Gasteiger partial charge in [-0.2, -0.15) is 4.31 Å². The number of ether oxygens (including phenoxy) is 3. The predicted octanol–water partition coefficient (Wildman–Crippen LogP) is 2.53. The molecule has 8 nitrogen and oxygen atoms in total. The molecule has 0 saturated carbocycles. The zero-order valence-corrected chi connectivity index (χ0v) is 19.7. The van der Waals surface area contributed by atoms with Gasteiger partial charge in [0.05, 0.1) is 26.2 Å². The number of hydrogen-bond acceptors (Lipinski definition) is 6. The summed E-state index contributed by atoms with van der Waals surface area (Å²) in [6.07, 6.45) is 1.71. The van der Waals surface area contributed by atoms with Crippen molar-refractivity contribution in [3.05, 3.63) is 47.5 Å². The van der Waals surface area contributed by atoms with Crippen LogP contribution in [0.2, 0.25) is 0 Å². The van der Waals surface area contributed by atoms with Gasteiger partial charge in [0.25, 0.3) is 0 Å². The maximum Gasteiger partial charge on any atom is 0.244 e. The molecular formula is C23H30N2O6S. The van der Waals surface area contributed by atoms with Gasteiger partial charge in [-0.05, 0) is 55.5 Å². The van der Waals surface area contributed by atoms with Crippen LogP contribution in [0.15, 0.2) is 41.3 Å². The fourth-order valence-corrected chi connectivity index (χ4v) is 5.78. The maximum atomic E-state index is 13.3. The Morgan fingerprint density at radius 1 is 1.06 bits per heavy atom. The maximum absolute atomic E-state index is 13.3. The molecule has 1 amide bonds. The second kappa shape index (κ2) is 10.2. The van der Waals surface area contributed by atoms with E-state index in [1.165, 1.54) is 17.5 Å². The number of aryl methyl sites for hydroxylation is 1. The van der Waals surface area contributed by atoms with Crippen LogP contribution in [0.1, 0.15) is 24.0 Å². The van der Waals surface area contributed by atoms with E-state index < -0.39 is 16.1 Å². The van der Waals surface area contributed by atoms with Gasteiger partial charge in [0.2, 0.25) is 15.9 Å². The average Bonchev–Trinajstić information content (AvgIpc) is 3.30. The minimum Gasteiger partial charge on any atom is -0.497 e. The Kier molecular flexibility index (Phi) is 7.63. The van der Waals surface area contributed by atoms with E-state index in [2.05, 4.69) is 5.32 Å². The number of carbonyl (C=O) groups is 1. The summed E-state index contributed by atoms with van der Waals surface area (Å²) < 4.78 is 43.7. The van der Waals surface area contributed by atoms with E-state index >= 15 is 0 Å². The molecule has 0 aromatic heterocycles. The van der Waals surface area contributed by atoms with Crippen LogP contribution in [-0.2, 0) is 21.2 Å². The van der Waals surface area contributed by atoms with Gasteiger partial charge in [-0.15, -0.1) is 0 Å². The van der Waals surface area contributed by atoms with Gasteiger partial charge in [-0.3, -0.25) is 4.79 Å². The first kappa shape index (κ1) is 23.9. The molecule has 1 aliphatic heterocycles. The molecule has 0 radical (unpaired) electrons. The number of rotatable bonds is 9. The zero-order chi connectivity index (χ0) is 23.3. The van der Waals surface area contributed by atoms with Crippen molar-refractivity contribution in [2.45, 2.75) is 37.1 Å². The Morgan fingerprint density at radius 2 is 1.81 bits per heavy atom. The molecule has 2 aromatic carbocycles. The van der Waals surface area contributed by atoms with Gasteiger partial charge in [0.1, 0.15) is 11.8 Å². The summed E-state index contributed by atoms with van der Waals surface area (Å²) in [5, 5.41) is 2.89. The van der Waals surface area contributed by atoms with E-state index in [1.807, 2.05) is 18.2 Å². The summed E-state index contributed by atoms with van der Waals surface area (Å²) in [4.78, 5) is 13.0. The lowest BCUT2D eigenvalue weighted by Crippen LogP contribution is -2.46. The van der Waals surface area contributed by atoms with Crippen LogP contribution < -0.4 is 19.5 Å². The van der Waals surface area contributed by atoms with E-state index in [-0.39, 0.29) is 10.8 Å². The Balaban J connectivity index is 1.68. The second-order valence-corrected chi connectivity index (χ2v) is 9.49. The van der Waals surface area contributed by atoms with E-state index in [9.17, 15) is 13.2 Å². The van der Waals surface area contributed by atoms with Crippen LogP contribution in [0.3, 0.4) is 0 Å². The molecule has 9 heteroatoms. The van der Waals surface area contributed by atoms with Crippen molar-refractivity contribution in [1.29, 1.82) is 0 Å². The molecule has 32 heavy (non-hydrogen) atoms. The first-order valence-electron chi connectivity index (χ1n) is 10.5. The number of sulfonamides is 1. The summed E-state index contributed by atoms with van der Waals surface area (Å²) in [7, 11) is 0.811. The largest absolute Gasteiger partial charge is 0.497 e. The highest BCUT2D eigenvalue weighted by Crippen LogP contribution is 2.30. The van der Waals surface area contributed by atoms with Crippen LogP contribution in [0.4, 0.5) is 0 Å². The number of nitrogens with zero attached hydrogens (tertiary/aromatic N) is 1. The minimum atomic E-state index is -3.83. The van der Waals surface area contributed by atoms with Gasteiger partial charge in [-0.25, -0.2) is 8.42 Å². The molecule has 2 aromatic rings. The molecule has 1 atom stereocenters. The average molecular weight is 463 g/mol. The van der Waals surface area contributed by atoms with Crippen molar-refractivity contribution < 1.29 is 27.4 Å². The van der Waals surface area contributed by atoms with Crippen molar-refractivity contribution in [3.8, 4) is 17.2 Å². The fourth-order valence-electron chi connectivity index (χ4n) is 3.89. The molecule has 1 fully saturated rings. The third kappa shape index (κ3) is 4.99. The Morgan fingerprint density at radius 3 is 2.50 bits per heavy atom. The normalized spacial score (nSPS) is 16.6. The van der Waals surface area contributed by atoms with Gasteiger partial charge in [0.15, 0.2) is 11.5 Å². The van der Waals surface area contributed by atoms with Crippen LogP contribution >= 0.6 is 0 Å². The van der Waals surface area contributed by atoms with E-state index in [4.69, 9.17) is 14.2 Å². The van der Waals surface area contributed by atoms with E-state index in [0.29, 0.717) is 55.2 Å². The molecule has 1 unspecified atom stereocenters. The number of hydrogen-bond donors (Lipinski definition) is 1. The van der Waals surface area contributed by atoms with Crippen molar-refractivity contribution in [2.24, 2.45) is 0 Å². The summed E-state index contributed by atoms with van der Waals surface area (Å²) in [6.45, 7) is 2.43. The van der Waals surface area contributed by atoms with Crippen molar-refractivity contribution in [3.63, 3.8) is 0 Å². The van der Waals surface area contributed by atoms with Gasteiger partial charge in [-0.1, -0.05) is 12.1 Å². The van der Waals surface area contributed by atoms with Crippen LogP contribution in [0.25, 0.3) is 0 Å². The third-order valence-electron chi connectivity index (χ3n) is 5.65. The van der Waals surface area contributed by atoms with E-state index in [0.717, 1.165) is 5.56 Å². The predicted molar refractivity (Wildman–Crippen MR) is 121 cm³/mol. The minimum absolute atomic E-state index is 0.168. The topological polar surface area (TPSA) is 94.2 Å². The highest BCUT2D eigenvalue weighted by molar-refractivity contribution is 7.89. The highest BCUT2D eigenvalue weighted by atomic mass is 32.2. The first-order chi connectivity index (χ1) is 15.3. The number of nitrogens with one attached hydrogen (secondary N) is 1. The number of methoxy groups -OCH3 is 3. The quantitative estimate of drug-likeness (QED) is 0.616. The molecule has 1 N–H and O–H groups in total. The summed E-state index contributed by atoms with van der Waals surface area (Å²) in [5.41, 5.74) is 1.59. The molecule has 1 heterocycles. The smallest absolute Gasteiger partial charge is 0.244 e. The zero-order valence-electron chi connectivity index (χ0n) is 18.9. The lowest BCUT2D eigenvalue weighted by Gasteiger charge is -2.24. The lowest BCUT2D eigenvalue weighted by molar-refractivity contribution is -0.124. The lowest BCUT2D eigenvalue weighted by atomic mass is 10.1. The first-order valence-corrected chi connectivity index (χ1v) is 11.9. The SMILES string of the molecule is COc1ccc(C)c(S(=O)(=O)N2CCCC2C(=O)NCCc2ccc(OC)c(OC)c2)c1. The van der Waals surface area contributed by atoms with Gasteiger partial charge in [0, 0.05) is 19.2 Å². The number of benzene rings is 2. The van der Waals surface area contributed by atoms with Crippen LogP contribution in [0.5, 0.6) is 17.2 Å². The second-order valence-electron chi connectivity index (χ2n) is 7.64. The van der Waals surface area contributed by atoms with Crippen molar-refractivity contribution in [2.75, 3.05) is 34.4 Å². The molecule has 174 valence electrons. The summed E-state index contributed by atoms with van der Waals surface area (Å²) in [6, 6.07) is 9.80. The van der Waals surface area contributed by atoms with Crippen molar-refractivity contribution >= 4 is 15.9 Å². The van der Waals surface area contributed by atoms with Crippen LogP contribution in [-0.4, -0.2) is 59.1 Å². The third-order valence-corrected chi connectivity index (χ3v) is 7.70. The van der Waals surface area contributed by atoms with Crippen molar-refractivity contribution in [1.82, 2.24) is 9.62 Å². The van der Waals surface area contributed by atoms with Gasteiger partial charge < -0.3 is 19.5 Å². The Labute approximate surface area is 189 Å². The molecule has 0 bridgehead atoms. The summed E-state index contributed by atoms with van der Waals surface area (Å²) in [5.74, 6) is 1.44. The molecule has 1 saturated heterocycles. The molecule has 3 rings (SSSR count). The number of carbonyl (C=O) groups excluding carboxylic acids is 1. The Bertz CT molecular complexity index is 1070. The monoisotopic (exact) mass is 462 g/mol. The molecule has 0 spiro atoms. The molecule has 0 aliphatic carbocycles. The van der Waals surface area contributed by atoms with Gasteiger partial charge >= 0.3 is 0 Å². The van der Waals surface area contributed by atoms with Crippen LogP contribution in [0, 0.1) is 6.92 Å². The summed E-state index contributed by atoms with van der Waals surface area (Å²) >= 11 is 0. The standard InChI is InChI=1S/C23H30N2O6S/c1-16-7-9-18(29-2)15-22(16)32(27,28)25-13-5-6-19(25)23(26)24-12-11-17-8-10-20(30-3)21(14-17)31-4/h7-10,14-15,19H,5-6,11-13H2,1-4H3,(H,24,26). The molecular weight excluding hydrogens is 432 g/mol. The highest BCUT2D eigenvalue weighted by Gasteiger charge is 2.40. The number of amides is 1.